The third kappa shape index (κ3) is 3.19. The Kier molecular flexibility index (Phi) is 5.22. The minimum absolute atomic E-state index is 0.165. The number of amides is 4. The maximum Gasteiger partial charge on any atom is 0.334 e. The van der Waals surface area contributed by atoms with E-state index in [-0.39, 0.29) is 17.7 Å². The number of rotatable bonds is 5. The number of ketones is 1. The SMILES string of the molecule is CCn1c(C)cc(C(=O)CN2C(=O)C(=O)N([C@H]3CCCC[C@H]3C)C2=O)c1C. The number of aryl methyl sites for hydroxylation is 1. The molecule has 1 aliphatic carbocycles. The van der Waals surface area contributed by atoms with Gasteiger partial charge in [0, 0.05) is 29.5 Å². The van der Waals surface area contributed by atoms with E-state index < -0.39 is 24.4 Å². The van der Waals surface area contributed by atoms with Gasteiger partial charge in [-0.1, -0.05) is 19.8 Å². The summed E-state index contributed by atoms with van der Waals surface area (Å²) in [6.07, 6.45) is 3.64. The standard InChI is InChI=1S/C20H27N3O4/c1-5-21-13(3)10-15(14(21)4)17(24)11-22-18(25)19(26)23(20(22)27)16-9-7-6-8-12(16)2/h10,12,16H,5-9,11H2,1-4H3/t12-,16+/m1/s1. The normalized spacial score (nSPS) is 23.5. The van der Waals surface area contributed by atoms with Crippen molar-refractivity contribution in [2.75, 3.05) is 6.54 Å². The summed E-state index contributed by atoms with van der Waals surface area (Å²) < 4.78 is 2.00. The van der Waals surface area contributed by atoms with Crippen molar-refractivity contribution in [3.05, 3.63) is 23.0 Å². The minimum atomic E-state index is -0.893. The molecule has 27 heavy (non-hydrogen) atoms. The highest BCUT2D eigenvalue weighted by Gasteiger charge is 2.49. The molecular weight excluding hydrogens is 346 g/mol. The number of urea groups is 1. The zero-order chi connectivity index (χ0) is 19.9. The Hall–Kier alpha value is -2.44. The molecule has 0 N–H and O–H groups in total. The van der Waals surface area contributed by atoms with Gasteiger partial charge >= 0.3 is 17.8 Å². The van der Waals surface area contributed by atoms with Crippen molar-refractivity contribution in [1.82, 2.24) is 14.4 Å². The molecule has 1 aliphatic heterocycles. The summed E-state index contributed by atoms with van der Waals surface area (Å²) in [7, 11) is 0. The molecule has 146 valence electrons. The predicted molar refractivity (Wildman–Crippen MR) is 99.3 cm³/mol. The third-order valence-electron chi connectivity index (χ3n) is 5.97. The summed E-state index contributed by atoms with van der Waals surface area (Å²) >= 11 is 0. The fourth-order valence-electron chi connectivity index (χ4n) is 4.43. The van der Waals surface area contributed by atoms with E-state index in [9.17, 15) is 19.2 Å². The van der Waals surface area contributed by atoms with E-state index in [1.807, 2.05) is 32.3 Å². The molecule has 2 aliphatic rings. The van der Waals surface area contributed by atoms with Crippen LogP contribution in [0.4, 0.5) is 4.79 Å². The first kappa shape index (κ1) is 19.3. The third-order valence-corrected chi connectivity index (χ3v) is 5.97. The van der Waals surface area contributed by atoms with E-state index >= 15 is 0 Å². The van der Waals surface area contributed by atoms with Crippen molar-refractivity contribution in [3.8, 4) is 0 Å². The van der Waals surface area contributed by atoms with Crippen molar-refractivity contribution in [3.63, 3.8) is 0 Å². The van der Waals surface area contributed by atoms with Crippen LogP contribution in [-0.2, 0) is 16.1 Å². The van der Waals surface area contributed by atoms with E-state index in [0.717, 1.165) is 47.0 Å². The monoisotopic (exact) mass is 373 g/mol. The van der Waals surface area contributed by atoms with Crippen molar-refractivity contribution in [2.24, 2.45) is 5.92 Å². The number of carbonyl (C=O) groups is 4. The van der Waals surface area contributed by atoms with Gasteiger partial charge in [0.2, 0.25) is 0 Å². The van der Waals surface area contributed by atoms with E-state index in [1.165, 1.54) is 0 Å². The molecule has 7 nitrogen and oxygen atoms in total. The van der Waals surface area contributed by atoms with Gasteiger partial charge in [-0.3, -0.25) is 19.3 Å². The average Bonchev–Trinajstić information content (AvgIpc) is 3.03. The van der Waals surface area contributed by atoms with Crippen LogP contribution in [-0.4, -0.2) is 50.6 Å². The number of carbonyl (C=O) groups excluding carboxylic acids is 4. The molecular formula is C20H27N3O4. The molecule has 1 aromatic heterocycles. The number of hydrogen-bond donors (Lipinski definition) is 0. The highest BCUT2D eigenvalue weighted by Crippen LogP contribution is 2.31. The summed E-state index contributed by atoms with van der Waals surface area (Å²) in [5.41, 5.74) is 2.25. The molecule has 3 rings (SSSR count). The molecule has 0 aromatic carbocycles. The Morgan fingerprint density at radius 3 is 2.37 bits per heavy atom. The van der Waals surface area contributed by atoms with Gasteiger partial charge in [-0.2, -0.15) is 0 Å². The van der Waals surface area contributed by atoms with Gasteiger partial charge in [0.25, 0.3) is 0 Å². The second-order valence-corrected chi connectivity index (χ2v) is 7.63. The molecule has 0 radical (unpaired) electrons. The van der Waals surface area contributed by atoms with Gasteiger partial charge in [0.15, 0.2) is 5.78 Å². The zero-order valence-corrected chi connectivity index (χ0v) is 16.4. The molecule has 4 amide bonds. The van der Waals surface area contributed by atoms with Crippen molar-refractivity contribution in [1.29, 1.82) is 0 Å². The largest absolute Gasteiger partial charge is 0.349 e. The fraction of sp³-hybridized carbons (Fsp3) is 0.600. The Labute approximate surface area is 159 Å². The summed E-state index contributed by atoms with van der Waals surface area (Å²) in [4.78, 5) is 52.3. The first-order valence-electron chi connectivity index (χ1n) is 9.66. The maximum absolute atomic E-state index is 12.8. The number of nitrogens with zero attached hydrogens (tertiary/aromatic N) is 3. The van der Waals surface area contributed by atoms with Gasteiger partial charge < -0.3 is 4.57 Å². The molecule has 1 saturated heterocycles. The van der Waals surface area contributed by atoms with Crippen LogP contribution < -0.4 is 0 Å². The quantitative estimate of drug-likeness (QED) is 0.451. The highest BCUT2D eigenvalue weighted by atomic mass is 16.2. The average molecular weight is 373 g/mol. The summed E-state index contributed by atoms with van der Waals surface area (Å²) in [5, 5.41) is 0. The first-order chi connectivity index (χ1) is 12.8. The molecule has 0 spiro atoms. The van der Waals surface area contributed by atoms with E-state index in [4.69, 9.17) is 0 Å². The number of hydrogen-bond acceptors (Lipinski definition) is 4. The predicted octanol–water partition coefficient (Wildman–Crippen LogP) is 2.68. The lowest BCUT2D eigenvalue weighted by molar-refractivity contribution is -0.144. The summed E-state index contributed by atoms with van der Waals surface area (Å²) in [6, 6.07) is 0.865. The van der Waals surface area contributed by atoms with Crippen LogP contribution in [0.15, 0.2) is 6.07 Å². The number of imide groups is 2. The van der Waals surface area contributed by atoms with Gasteiger partial charge in [-0.05, 0) is 45.6 Å². The molecule has 0 bridgehead atoms. The smallest absolute Gasteiger partial charge is 0.334 e. The topological polar surface area (TPSA) is 79.7 Å². The maximum atomic E-state index is 12.8. The van der Waals surface area contributed by atoms with E-state index in [0.29, 0.717) is 12.0 Å². The minimum Gasteiger partial charge on any atom is -0.349 e. The summed E-state index contributed by atoms with van der Waals surface area (Å²) in [6.45, 7) is 8.09. The molecule has 2 fully saturated rings. The second kappa shape index (κ2) is 7.29. The van der Waals surface area contributed by atoms with Crippen molar-refractivity contribution < 1.29 is 19.2 Å². The van der Waals surface area contributed by atoms with Crippen LogP contribution in [0.1, 0.15) is 61.3 Å². The van der Waals surface area contributed by atoms with Crippen LogP contribution in [0.3, 0.4) is 0 Å². The Morgan fingerprint density at radius 1 is 1.11 bits per heavy atom. The second-order valence-electron chi connectivity index (χ2n) is 7.63. The van der Waals surface area contributed by atoms with Gasteiger partial charge in [-0.25, -0.2) is 9.69 Å². The van der Waals surface area contributed by atoms with Crippen molar-refractivity contribution >= 4 is 23.6 Å². The van der Waals surface area contributed by atoms with Crippen LogP contribution >= 0.6 is 0 Å². The fourth-order valence-corrected chi connectivity index (χ4v) is 4.43. The molecule has 2 atom stereocenters. The Bertz CT molecular complexity index is 810. The Balaban J connectivity index is 1.81. The number of aromatic nitrogens is 1. The Morgan fingerprint density at radius 2 is 1.78 bits per heavy atom. The lowest BCUT2D eigenvalue weighted by Crippen LogP contribution is -2.46. The zero-order valence-electron chi connectivity index (χ0n) is 16.4. The van der Waals surface area contributed by atoms with Gasteiger partial charge in [0.1, 0.15) is 0 Å². The molecule has 1 saturated carbocycles. The first-order valence-corrected chi connectivity index (χ1v) is 9.66. The van der Waals surface area contributed by atoms with Crippen LogP contribution in [0.5, 0.6) is 0 Å². The number of Topliss-reactive ketones (excluding diaryl/α,β-unsaturated/α-hetero) is 1. The molecule has 0 unspecified atom stereocenters. The van der Waals surface area contributed by atoms with Crippen LogP contribution in [0.2, 0.25) is 0 Å². The van der Waals surface area contributed by atoms with Crippen LogP contribution in [0.25, 0.3) is 0 Å². The molecule has 1 aromatic rings. The molecule has 7 heteroatoms. The van der Waals surface area contributed by atoms with E-state index in [2.05, 4.69) is 0 Å². The van der Waals surface area contributed by atoms with Gasteiger partial charge in [-0.15, -0.1) is 0 Å². The van der Waals surface area contributed by atoms with Crippen LogP contribution in [0, 0.1) is 19.8 Å². The lowest BCUT2D eigenvalue weighted by Gasteiger charge is -2.34. The highest BCUT2D eigenvalue weighted by molar-refractivity contribution is 6.45. The van der Waals surface area contributed by atoms with Crippen molar-refractivity contribution in [2.45, 2.75) is 66.0 Å². The molecule has 2 heterocycles. The summed E-state index contributed by atoms with van der Waals surface area (Å²) in [5.74, 6) is -1.85. The lowest BCUT2D eigenvalue weighted by atomic mass is 9.85. The van der Waals surface area contributed by atoms with E-state index in [1.54, 1.807) is 6.07 Å². The van der Waals surface area contributed by atoms with Gasteiger partial charge in [0.05, 0.1) is 6.54 Å².